The molecule has 1 aromatic carbocycles. The lowest BCUT2D eigenvalue weighted by atomic mass is 9.98. The van der Waals surface area contributed by atoms with Crippen LogP contribution in [0.4, 0.5) is 0 Å². The van der Waals surface area contributed by atoms with E-state index in [1.165, 1.54) is 0 Å². The molecular formula is C13H16BrNO3. The van der Waals surface area contributed by atoms with E-state index < -0.39 is 5.79 Å². The van der Waals surface area contributed by atoms with Crippen molar-refractivity contribution < 1.29 is 14.4 Å². The Hall–Kier alpha value is -0.910. The van der Waals surface area contributed by atoms with Gasteiger partial charge in [-0.2, -0.15) is 0 Å². The highest BCUT2D eigenvalue weighted by Gasteiger charge is 2.35. The molecule has 0 bridgehead atoms. The lowest BCUT2D eigenvalue weighted by molar-refractivity contribution is -0.277. The van der Waals surface area contributed by atoms with Gasteiger partial charge in [0, 0.05) is 17.3 Å². The van der Waals surface area contributed by atoms with Crippen molar-refractivity contribution >= 4 is 22.3 Å². The molecule has 18 heavy (non-hydrogen) atoms. The van der Waals surface area contributed by atoms with Gasteiger partial charge >= 0.3 is 0 Å². The van der Waals surface area contributed by atoms with Gasteiger partial charge in [0.05, 0.1) is 6.61 Å². The van der Waals surface area contributed by atoms with Crippen LogP contribution in [-0.4, -0.2) is 18.8 Å². The number of amides is 1. The van der Waals surface area contributed by atoms with Crippen molar-refractivity contribution in [3.63, 3.8) is 0 Å². The van der Waals surface area contributed by atoms with E-state index >= 15 is 0 Å². The van der Waals surface area contributed by atoms with Gasteiger partial charge in [0.1, 0.15) is 0 Å². The maximum absolute atomic E-state index is 10.4. The molecule has 0 spiro atoms. The van der Waals surface area contributed by atoms with E-state index in [9.17, 15) is 4.79 Å². The van der Waals surface area contributed by atoms with Crippen molar-refractivity contribution in [2.75, 3.05) is 6.61 Å². The van der Waals surface area contributed by atoms with E-state index in [0.29, 0.717) is 19.4 Å². The number of rotatable bonds is 5. The van der Waals surface area contributed by atoms with Crippen LogP contribution in [0.15, 0.2) is 28.7 Å². The number of hydrogen-bond donors (Lipinski definition) is 1. The van der Waals surface area contributed by atoms with Gasteiger partial charge in [0.2, 0.25) is 6.41 Å². The molecule has 1 N–H and O–H groups in total. The van der Waals surface area contributed by atoms with Crippen molar-refractivity contribution in [2.45, 2.75) is 31.5 Å². The minimum absolute atomic E-state index is 0.529. The molecule has 0 aliphatic carbocycles. The Morgan fingerprint density at radius 2 is 2.17 bits per heavy atom. The highest BCUT2D eigenvalue weighted by atomic mass is 79.9. The zero-order chi connectivity index (χ0) is 12.8. The summed E-state index contributed by atoms with van der Waals surface area (Å²) in [6.45, 7) is 0.664. The number of benzene rings is 1. The van der Waals surface area contributed by atoms with E-state index in [4.69, 9.17) is 9.57 Å². The Kier molecular flexibility index (Phi) is 4.74. The molecule has 0 radical (unpaired) electrons. The first-order valence-corrected chi connectivity index (χ1v) is 6.79. The second kappa shape index (κ2) is 6.31. The van der Waals surface area contributed by atoms with Crippen molar-refractivity contribution in [1.82, 2.24) is 5.48 Å². The van der Waals surface area contributed by atoms with Crippen LogP contribution >= 0.6 is 15.9 Å². The van der Waals surface area contributed by atoms with Crippen LogP contribution in [-0.2, 0) is 20.8 Å². The zero-order valence-electron chi connectivity index (χ0n) is 10.0. The first-order chi connectivity index (χ1) is 8.74. The molecule has 1 atom stereocenters. The summed E-state index contributed by atoms with van der Waals surface area (Å²) in [5.74, 6) is -0.729. The summed E-state index contributed by atoms with van der Waals surface area (Å²) in [7, 11) is 0. The summed E-state index contributed by atoms with van der Waals surface area (Å²) in [5.41, 5.74) is 3.39. The summed E-state index contributed by atoms with van der Waals surface area (Å²) < 4.78 is 6.79. The van der Waals surface area contributed by atoms with Crippen LogP contribution in [0, 0.1) is 0 Å². The van der Waals surface area contributed by atoms with E-state index in [0.717, 1.165) is 29.3 Å². The third kappa shape index (κ3) is 3.54. The van der Waals surface area contributed by atoms with Crippen LogP contribution in [0.25, 0.3) is 0 Å². The monoisotopic (exact) mass is 313 g/mol. The Morgan fingerprint density at radius 3 is 2.78 bits per heavy atom. The number of halogens is 1. The van der Waals surface area contributed by atoms with Gasteiger partial charge in [0.25, 0.3) is 0 Å². The van der Waals surface area contributed by atoms with Crippen LogP contribution < -0.4 is 5.48 Å². The molecule has 2 rings (SSSR count). The van der Waals surface area contributed by atoms with Gasteiger partial charge < -0.3 is 4.74 Å². The van der Waals surface area contributed by atoms with Crippen LogP contribution in [0.3, 0.4) is 0 Å². The van der Waals surface area contributed by atoms with Crippen molar-refractivity contribution in [3.8, 4) is 0 Å². The smallest absolute Gasteiger partial charge is 0.230 e. The first-order valence-electron chi connectivity index (χ1n) is 6.00. The molecular weight excluding hydrogens is 298 g/mol. The second-order valence-corrected chi connectivity index (χ2v) is 5.27. The highest BCUT2D eigenvalue weighted by molar-refractivity contribution is 9.10. The predicted octanol–water partition coefficient (Wildman–Crippen LogP) is 2.57. The van der Waals surface area contributed by atoms with Crippen molar-refractivity contribution in [1.29, 1.82) is 0 Å². The third-order valence-corrected chi connectivity index (χ3v) is 3.53. The number of carbonyl (C=O) groups excluding carboxylic acids is 1. The average Bonchev–Trinajstić information content (AvgIpc) is 2.40. The highest BCUT2D eigenvalue weighted by Crippen LogP contribution is 2.29. The van der Waals surface area contributed by atoms with E-state index in [2.05, 4.69) is 21.4 Å². The minimum Gasteiger partial charge on any atom is -0.348 e. The zero-order valence-corrected chi connectivity index (χ0v) is 11.6. The number of nitrogens with one attached hydrogen (secondary N) is 1. The normalized spacial score (nSPS) is 23.6. The number of ether oxygens (including phenoxy) is 1. The summed E-state index contributed by atoms with van der Waals surface area (Å²) in [6, 6.07) is 8.01. The summed E-state index contributed by atoms with van der Waals surface area (Å²) in [5, 5.41) is 0. The fourth-order valence-electron chi connectivity index (χ4n) is 2.13. The lowest BCUT2D eigenvalue weighted by Crippen LogP contribution is -2.45. The summed E-state index contributed by atoms with van der Waals surface area (Å²) in [6.07, 6.45) is 4.01. The van der Waals surface area contributed by atoms with Gasteiger partial charge in [-0.05, 0) is 30.5 Å². The average molecular weight is 314 g/mol. The Balaban J connectivity index is 2.08. The van der Waals surface area contributed by atoms with E-state index in [1.807, 2.05) is 24.3 Å². The molecule has 1 fully saturated rings. The molecule has 4 nitrogen and oxygen atoms in total. The molecule has 98 valence electrons. The Morgan fingerprint density at radius 1 is 1.39 bits per heavy atom. The predicted molar refractivity (Wildman–Crippen MR) is 70.7 cm³/mol. The SMILES string of the molecule is O=CNOC1(Cc2ccc(Br)cc2)CCCCO1. The van der Waals surface area contributed by atoms with Crippen LogP contribution in [0.2, 0.25) is 0 Å². The fraction of sp³-hybridized carbons (Fsp3) is 0.462. The standard InChI is InChI=1S/C13H16BrNO3/c14-12-5-3-11(4-6-12)9-13(18-15-10-16)7-1-2-8-17-13/h3-6,10H,1-2,7-9H2,(H,15,16). The minimum atomic E-state index is -0.729. The molecule has 1 amide bonds. The van der Waals surface area contributed by atoms with Crippen molar-refractivity contribution in [2.24, 2.45) is 0 Å². The number of hydrogen-bond acceptors (Lipinski definition) is 3. The van der Waals surface area contributed by atoms with Gasteiger partial charge in [-0.25, -0.2) is 10.3 Å². The Labute approximate surface area is 115 Å². The summed E-state index contributed by atoms with van der Waals surface area (Å²) >= 11 is 3.40. The molecule has 0 saturated carbocycles. The van der Waals surface area contributed by atoms with Gasteiger partial charge in [0.15, 0.2) is 5.79 Å². The van der Waals surface area contributed by atoms with E-state index in [1.54, 1.807) is 0 Å². The molecule has 1 heterocycles. The lowest BCUT2D eigenvalue weighted by Gasteiger charge is -2.35. The maximum Gasteiger partial charge on any atom is 0.230 e. The Bertz CT molecular complexity index is 388. The largest absolute Gasteiger partial charge is 0.348 e. The molecule has 1 unspecified atom stereocenters. The quantitative estimate of drug-likeness (QED) is 0.671. The molecule has 1 aliphatic rings. The molecule has 0 aromatic heterocycles. The third-order valence-electron chi connectivity index (χ3n) is 3.00. The molecule has 5 heteroatoms. The van der Waals surface area contributed by atoms with Gasteiger partial charge in [-0.1, -0.05) is 28.1 Å². The van der Waals surface area contributed by atoms with Gasteiger partial charge in [-0.15, -0.1) is 0 Å². The fourth-order valence-corrected chi connectivity index (χ4v) is 2.39. The number of hydroxylamine groups is 1. The number of carbonyl (C=O) groups is 1. The van der Waals surface area contributed by atoms with E-state index in [-0.39, 0.29) is 0 Å². The second-order valence-electron chi connectivity index (χ2n) is 4.36. The first kappa shape index (κ1) is 13.5. The molecule has 1 aromatic rings. The van der Waals surface area contributed by atoms with Gasteiger partial charge in [-0.3, -0.25) is 4.79 Å². The molecule has 1 saturated heterocycles. The summed E-state index contributed by atoms with van der Waals surface area (Å²) in [4.78, 5) is 15.8. The topological polar surface area (TPSA) is 47.6 Å². The van der Waals surface area contributed by atoms with Crippen LogP contribution in [0.5, 0.6) is 0 Å². The van der Waals surface area contributed by atoms with Crippen LogP contribution in [0.1, 0.15) is 24.8 Å². The van der Waals surface area contributed by atoms with Crippen molar-refractivity contribution in [3.05, 3.63) is 34.3 Å². The molecule has 1 aliphatic heterocycles. The maximum atomic E-state index is 10.4.